The van der Waals surface area contributed by atoms with Crippen LogP contribution in [-0.2, 0) is 21.2 Å². The average molecular weight is 329 g/mol. The number of rotatable bonds is 5. The summed E-state index contributed by atoms with van der Waals surface area (Å²) in [7, 11) is -3.65. The molecule has 1 aromatic rings. The van der Waals surface area contributed by atoms with Crippen molar-refractivity contribution in [1.29, 1.82) is 0 Å². The topological polar surface area (TPSA) is 101 Å². The minimum absolute atomic E-state index is 0.0170. The van der Waals surface area contributed by atoms with Gasteiger partial charge in [-0.2, -0.15) is 11.8 Å². The molecular weight excluding hydrogens is 310 g/mol. The zero-order valence-electron chi connectivity index (χ0n) is 11.5. The number of nitrogens with two attached hydrogens (primary N) is 1. The maximum absolute atomic E-state index is 11.9. The zero-order valence-corrected chi connectivity index (χ0v) is 13.2. The van der Waals surface area contributed by atoms with E-state index in [1.54, 1.807) is 23.9 Å². The Balaban J connectivity index is 1.79. The fourth-order valence-corrected chi connectivity index (χ4v) is 3.48. The van der Waals surface area contributed by atoms with E-state index in [4.69, 9.17) is 5.14 Å². The molecule has 1 fully saturated rings. The summed E-state index contributed by atoms with van der Waals surface area (Å²) in [5, 5.41) is 11.1. The van der Waals surface area contributed by atoms with Crippen LogP contribution in [0.4, 0.5) is 0 Å². The SMILES string of the molecule is NS(=O)(=O)c1ccc(CCNC(=O)C2CSCCN2)cc1. The van der Waals surface area contributed by atoms with Gasteiger partial charge in [0.15, 0.2) is 0 Å². The third-order valence-electron chi connectivity index (χ3n) is 3.20. The first-order valence-corrected chi connectivity index (χ1v) is 9.37. The van der Waals surface area contributed by atoms with E-state index >= 15 is 0 Å². The molecule has 2 rings (SSSR count). The number of hydrogen-bond acceptors (Lipinski definition) is 5. The predicted octanol–water partition coefficient (Wildman–Crippen LogP) is -0.302. The van der Waals surface area contributed by atoms with Gasteiger partial charge in [-0.15, -0.1) is 0 Å². The second kappa shape index (κ2) is 7.26. The zero-order chi connectivity index (χ0) is 15.3. The van der Waals surface area contributed by atoms with Gasteiger partial charge in [0.05, 0.1) is 10.9 Å². The molecule has 0 bridgehead atoms. The highest BCUT2D eigenvalue weighted by molar-refractivity contribution is 7.99. The third-order valence-corrected chi connectivity index (χ3v) is 5.19. The van der Waals surface area contributed by atoms with Crippen molar-refractivity contribution in [2.75, 3.05) is 24.6 Å². The van der Waals surface area contributed by atoms with E-state index < -0.39 is 10.0 Å². The molecule has 1 aliphatic rings. The van der Waals surface area contributed by atoms with Crippen LogP contribution in [0.5, 0.6) is 0 Å². The quantitative estimate of drug-likeness (QED) is 0.688. The van der Waals surface area contributed by atoms with Crippen LogP contribution >= 0.6 is 11.8 Å². The third kappa shape index (κ3) is 4.99. The number of sulfonamides is 1. The summed E-state index contributed by atoms with van der Waals surface area (Å²) in [5.41, 5.74) is 0.952. The Morgan fingerprint density at radius 3 is 2.67 bits per heavy atom. The molecule has 0 spiro atoms. The van der Waals surface area contributed by atoms with Crippen LogP contribution in [0.15, 0.2) is 29.2 Å². The van der Waals surface area contributed by atoms with Crippen molar-refractivity contribution in [3.05, 3.63) is 29.8 Å². The normalized spacial score (nSPS) is 19.2. The average Bonchev–Trinajstić information content (AvgIpc) is 2.47. The van der Waals surface area contributed by atoms with Gasteiger partial charge in [-0.25, -0.2) is 13.6 Å². The van der Waals surface area contributed by atoms with Crippen molar-refractivity contribution >= 4 is 27.7 Å². The number of hydrogen-bond donors (Lipinski definition) is 3. The molecule has 1 unspecified atom stereocenters. The standard InChI is InChI=1S/C13H19N3O3S2/c14-21(18,19)11-3-1-10(2-4-11)5-6-16-13(17)12-9-20-8-7-15-12/h1-4,12,15H,5-9H2,(H,16,17)(H2,14,18,19). The summed E-state index contributed by atoms with van der Waals surface area (Å²) in [6.07, 6.45) is 0.649. The van der Waals surface area contributed by atoms with Crippen molar-refractivity contribution in [1.82, 2.24) is 10.6 Å². The Bertz CT molecular complexity index is 581. The number of thioether (sulfide) groups is 1. The maximum Gasteiger partial charge on any atom is 0.238 e. The first kappa shape index (κ1) is 16.3. The molecule has 1 heterocycles. The summed E-state index contributed by atoms with van der Waals surface area (Å²) in [5.74, 6) is 1.86. The molecule has 116 valence electrons. The van der Waals surface area contributed by atoms with Gasteiger partial charge in [0.2, 0.25) is 15.9 Å². The number of primary sulfonamides is 1. The molecule has 0 aromatic heterocycles. The molecule has 1 aromatic carbocycles. The fraction of sp³-hybridized carbons (Fsp3) is 0.462. The molecular formula is C13H19N3O3S2. The van der Waals surface area contributed by atoms with Crippen molar-refractivity contribution < 1.29 is 13.2 Å². The monoisotopic (exact) mass is 329 g/mol. The van der Waals surface area contributed by atoms with Gasteiger partial charge in [0.1, 0.15) is 0 Å². The Kier molecular flexibility index (Phi) is 5.63. The lowest BCUT2D eigenvalue weighted by molar-refractivity contribution is -0.122. The van der Waals surface area contributed by atoms with E-state index in [1.165, 1.54) is 12.1 Å². The Morgan fingerprint density at radius 2 is 2.10 bits per heavy atom. The Labute approximate surface area is 128 Å². The minimum atomic E-state index is -3.65. The van der Waals surface area contributed by atoms with E-state index in [9.17, 15) is 13.2 Å². The van der Waals surface area contributed by atoms with Gasteiger partial charge in [-0.05, 0) is 24.1 Å². The molecule has 21 heavy (non-hydrogen) atoms. The van der Waals surface area contributed by atoms with E-state index in [0.717, 1.165) is 23.6 Å². The number of benzene rings is 1. The molecule has 1 saturated heterocycles. The summed E-state index contributed by atoms with van der Waals surface area (Å²) in [6.45, 7) is 1.38. The van der Waals surface area contributed by atoms with Gasteiger partial charge in [-0.1, -0.05) is 12.1 Å². The van der Waals surface area contributed by atoms with Crippen LogP contribution in [0.3, 0.4) is 0 Å². The summed E-state index contributed by atoms with van der Waals surface area (Å²) < 4.78 is 22.3. The number of carbonyl (C=O) groups is 1. The molecule has 1 atom stereocenters. The van der Waals surface area contributed by atoms with Gasteiger partial charge in [0, 0.05) is 24.6 Å². The highest BCUT2D eigenvalue weighted by Gasteiger charge is 2.20. The molecule has 6 nitrogen and oxygen atoms in total. The van der Waals surface area contributed by atoms with Crippen molar-refractivity contribution in [2.24, 2.45) is 5.14 Å². The van der Waals surface area contributed by atoms with Crippen LogP contribution in [0.25, 0.3) is 0 Å². The molecule has 8 heteroatoms. The van der Waals surface area contributed by atoms with Crippen LogP contribution in [0.2, 0.25) is 0 Å². The van der Waals surface area contributed by atoms with Gasteiger partial charge in [0.25, 0.3) is 0 Å². The van der Waals surface area contributed by atoms with Crippen LogP contribution in [0.1, 0.15) is 5.56 Å². The number of amides is 1. The van der Waals surface area contributed by atoms with Crippen molar-refractivity contribution in [3.63, 3.8) is 0 Å². The molecule has 4 N–H and O–H groups in total. The summed E-state index contributed by atoms with van der Waals surface area (Å²) in [4.78, 5) is 12.0. The lowest BCUT2D eigenvalue weighted by Gasteiger charge is -2.22. The van der Waals surface area contributed by atoms with E-state index in [0.29, 0.717) is 13.0 Å². The largest absolute Gasteiger partial charge is 0.354 e. The van der Waals surface area contributed by atoms with E-state index in [1.807, 2.05) is 0 Å². The molecule has 1 amide bonds. The number of nitrogens with one attached hydrogen (secondary N) is 2. The van der Waals surface area contributed by atoms with Crippen LogP contribution in [-0.4, -0.2) is 45.0 Å². The van der Waals surface area contributed by atoms with E-state index in [2.05, 4.69) is 10.6 Å². The van der Waals surface area contributed by atoms with Gasteiger partial charge < -0.3 is 10.6 Å². The second-order valence-corrected chi connectivity index (χ2v) is 7.52. The molecule has 0 aliphatic carbocycles. The molecule has 0 saturated carbocycles. The summed E-state index contributed by atoms with van der Waals surface area (Å²) >= 11 is 1.77. The van der Waals surface area contributed by atoms with Gasteiger partial charge in [-0.3, -0.25) is 4.79 Å². The second-order valence-electron chi connectivity index (χ2n) is 4.81. The highest BCUT2D eigenvalue weighted by atomic mass is 32.2. The Morgan fingerprint density at radius 1 is 1.38 bits per heavy atom. The van der Waals surface area contributed by atoms with Crippen molar-refractivity contribution in [3.8, 4) is 0 Å². The lowest BCUT2D eigenvalue weighted by Crippen LogP contribution is -2.49. The van der Waals surface area contributed by atoms with Crippen LogP contribution in [0, 0.1) is 0 Å². The van der Waals surface area contributed by atoms with Crippen LogP contribution < -0.4 is 15.8 Å². The predicted molar refractivity (Wildman–Crippen MR) is 83.6 cm³/mol. The number of carbonyl (C=O) groups excluding carboxylic acids is 1. The Hall–Kier alpha value is -1.09. The van der Waals surface area contributed by atoms with E-state index in [-0.39, 0.29) is 16.8 Å². The first-order valence-electron chi connectivity index (χ1n) is 6.67. The smallest absolute Gasteiger partial charge is 0.238 e. The fourth-order valence-electron chi connectivity index (χ4n) is 2.03. The first-order chi connectivity index (χ1) is 9.97. The molecule has 1 aliphatic heterocycles. The molecule has 0 radical (unpaired) electrons. The van der Waals surface area contributed by atoms with Gasteiger partial charge >= 0.3 is 0 Å². The van der Waals surface area contributed by atoms with Crippen molar-refractivity contribution in [2.45, 2.75) is 17.4 Å². The lowest BCUT2D eigenvalue weighted by atomic mass is 10.1. The summed E-state index contributed by atoms with van der Waals surface area (Å²) in [6, 6.07) is 6.26. The minimum Gasteiger partial charge on any atom is -0.354 e. The highest BCUT2D eigenvalue weighted by Crippen LogP contribution is 2.09. The maximum atomic E-state index is 11.9.